The molecule has 0 saturated heterocycles. The van der Waals surface area contributed by atoms with Crippen molar-refractivity contribution < 1.29 is 4.74 Å². The topological polar surface area (TPSA) is 33.3 Å². The van der Waals surface area contributed by atoms with Crippen LogP contribution in [-0.4, -0.2) is 18.8 Å². The van der Waals surface area contributed by atoms with Crippen LogP contribution in [0.2, 0.25) is 5.02 Å². The predicted molar refractivity (Wildman–Crippen MR) is 97.0 cm³/mol. The summed E-state index contributed by atoms with van der Waals surface area (Å²) in [7, 11) is 1.68. The standard InChI is InChI=1S/C17H19ClN2OS/c1-21-16-6-2-4-13(12-16)5-3-11-19-17(22)20-15-9-7-14(18)8-10-15/h2,4,6-10,12H,3,5,11H2,1H3,(H2,19,20,22). The van der Waals surface area contributed by atoms with Gasteiger partial charge in [0.05, 0.1) is 7.11 Å². The highest BCUT2D eigenvalue weighted by atomic mass is 35.5. The molecule has 0 aliphatic rings. The zero-order valence-corrected chi connectivity index (χ0v) is 14.0. The van der Waals surface area contributed by atoms with Gasteiger partial charge in [-0.05, 0) is 67.0 Å². The first-order chi connectivity index (χ1) is 10.7. The fourth-order valence-corrected chi connectivity index (χ4v) is 2.38. The smallest absolute Gasteiger partial charge is 0.170 e. The van der Waals surface area contributed by atoms with Gasteiger partial charge in [-0.2, -0.15) is 0 Å². The number of rotatable bonds is 6. The minimum absolute atomic E-state index is 0.618. The van der Waals surface area contributed by atoms with Crippen LogP contribution in [0.15, 0.2) is 48.5 Å². The lowest BCUT2D eigenvalue weighted by atomic mass is 10.1. The summed E-state index contributed by atoms with van der Waals surface area (Å²) in [4.78, 5) is 0. The van der Waals surface area contributed by atoms with Crippen LogP contribution in [0.1, 0.15) is 12.0 Å². The summed E-state index contributed by atoms with van der Waals surface area (Å²) in [6.07, 6.45) is 1.98. The van der Waals surface area contributed by atoms with Crippen molar-refractivity contribution in [3.8, 4) is 5.75 Å². The van der Waals surface area contributed by atoms with Gasteiger partial charge in [-0.1, -0.05) is 23.7 Å². The van der Waals surface area contributed by atoms with Gasteiger partial charge in [0.1, 0.15) is 5.75 Å². The molecule has 0 amide bonds. The Bertz CT molecular complexity index is 616. The second-order valence-corrected chi connectivity index (χ2v) is 5.69. The molecule has 0 bridgehead atoms. The average molecular weight is 335 g/mol. The Morgan fingerprint density at radius 2 is 1.95 bits per heavy atom. The molecule has 2 N–H and O–H groups in total. The first kappa shape index (κ1) is 16.6. The van der Waals surface area contributed by atoms with Gasteiger partial charge in [-0.15, -0.1) is 0 Å². The number of ether oxygens (including phenoxy) is 1. The van der Waals surface area contributed by atoms with Crippen molar-refractivity contribution in [1.29, 1.82) is 0 Å². The first-order valence-corrected chi connectivity index (χ1v) is 7.89. The number of nitrogens with one attached hydrogen (secondary N) is 2. The molecule has 0 fully saturated rings. The van der Waals surface area contributed by atoms with Crippen LogP contribution < -0.4 is 15.4 Å². The molecule has 116 valence electrons. The Labute approximate surface area is 141 Å². The maximum absolute atomic E-state index is 5.85. The van der Waals surface area contributed by atoms with Gasteiger partial charge in [-0.3, -0.25) is 0 Å². The van der Waals surface area contributed by atoms with Gasteiger partial charge in [0.15, 0.2) is 5.11 Å². The zero-order valence-electron chi connectivity index (χ0n) is 12.4. The second kappa shape index (κ2) is 8.61. The van der Waals surface area contributed by atoms with E-state index >= 15 is 0 Å². The highest BCUT2D eigenvalue weighted by Crippen LogP contribution is 2.14. The van der Waals surface area contributed by atoms with E-state index in [1.807, 2.05) is 36.4 Å². The molecule has 2 aromatic carbocycles. The number of halogens is 1. The summed E-state index contributed by atoms with van der Waals surface area (Å²) < 4.78 is 5.22. The molecule has 2 aromatic rings. The van der Waals surface area contributed by atoms with E-state index in [2.05, 4.69) is 22.8 Å². The Morgan fingerprint density at radius 1 is 1.18 bits per heavy atom. The van der Waals surface area contributed by atoms with Crippen molar-refractivity contribution >= 4 is 34.6 Å². The highest BCUT2D eigenvalue weighted by molar-refractivity contribution is 7.80. The maximum Gasteiger partial charge on any atom is 0.170 e. The van der Waals surface area contributed by atoms with Crippen LogP contribution in [0.5, 0.6) is 5.75 Å². The van der Waals surface area contributed by atoms with Gasteiger partial charge in [0.2, 0.25) is 0 Å². The molecule has 0 atom stereocenters. The minimum atomic E-state index is 0.618. The average Bonchev–Trinajstić information content (AvgIpc) is 2.54. The fraction of sp³-hybridized carbons (Fsp3) is 0.235. The Hall–Kier alpha value is -1.78. The van der Waals surface area contributed by atoms with E-state index in [-0.39, 0.29) is 0 Å². The lowest BCUT2D eigenvalue weighted by molar-refractivity contribution is 0.414. The van der Waals surface area contributed by atoms with Crippen molar-refractivity contribution in [2.24, 2.45) is 0 Å². The maximum atomic E-state index is 5.85. The number of hydrogen-bond acceptors (Lipinski definition) is 2. The number of hydrogen-bond donors (Lipinski definition) is 2. The molecule has 0 unspecified atom stereocenters. The monoisotopic (exact) mass is 334 g/mol. The van der Waals surface area contributed by atoms with Gasteiger partial charge >= 0.3 is 0 Å². The number of thiocarbonyl (C=S) groups is 1. The molecule has 0 radical (unpaired) electrons. The van der Waals surface area contributed by atoms with E-state index in [1.54, 1.807) is 7.11 Å². The van der Waals surface area contributed by atoms with E-state index in [0.717, 1.165) is 30.8 Å². The molecule has 3 nitrogen and oxygen atoms in total. The number of aryl methyl sites for hydroxylation is 1. The number of methoxy groups -OCH3 is 1. The Balaban J connectivity index is 1.69. The van der Waals surface area contributed by atoms with Gasteiger partial charge in [0.25, 0.3) is 0 Å². The first-order valence-electron chi connectivity index (χ1n) is 7.11. The summed E-state index contributed by atoms with van der Waals surface area (Å²) in [5.41, 5.74) is 2.19. The van der Waals surface area contributed by atoms with Crippen LogP contribution in [0.25, 0.3) is 0 Å². The SMILES string of the molecule is COc1cccc(CCCNC(=S)Nc2ccc(Cl)cc2)c1. The highest BCUT2D eigenvalue weighted by Gasteiger charge is 1.99. The van der Waals surface area contributed by atoms with Crippen molar-refractivity contribution in [3.05, 3.63) is 59.1 Å². The van der Waals surface area contributed by atoms with Crippen molar-refractivity contribution in [2.75, 3.05) is 19.0 Å². The fourth-order valence-electron chi connectivity index (χ4n) is 2.03. The zero-order chi connectivity index (χ0) is 15.8. The lowest BCUT2D eigenvalue weighted by Gasteiger charge is -2.10. The van der Waals surface area contributed by atoms with Gasteiger partial charge < -0.3 is 15.4 Å². The van der Waals surface area contributed by atoms with Crippen molar-refractivity contribution in [1.82, 2.24) is 5.32 Å². The summed E-state index contributed by atoms with van der Waals surface area (Å²) >= 11 is 11.1. The molecule has 0 aliphatic heterocycles. The summed E-state index contributed by atoms with van der Waals surface area (Å²) in [6, 6.07) is 15.6. The van der Waals surface area contributed by atoms with E-state index in [9.17, 15) is 0 Å². The van der Waals surface area contributed by atoms with Gasteiger partial charge in [0, 0.05) is 17.3 Å². The van der Waals surface area contributed by atoms with E-state index in [0.29, 0.717) is 10.1 Å². The quantitative estimate of drug-likeness (QED) is 0.610. The van der Waals surface area contributed by atoms with E-state index < -0.39 is 0 Å². The molecule has 0 heterocycles. The van der Waals surface area contributed by atoms with Crippen molar-refractivity contribution in [3.63, 3.8) is 0 Å². The van der Waals surface area contributed by atoms with Crippen LogP contribution >= 0.6 is 23.8 Å². The van der Waals surface area contributed by atoms with Gasteiger partial charge in [-0.25, -0.2) is 0 Å². The minimum Gasteiger partial charge on any atom is -0.497 e. The third-order valence-electron chi connectivity index (χ3n) is 3.16. The Morgan fingerprint density at radius 3 is 2.68 bits per heavy atom. The molecule has 2 rings (SSSR count). The molecule has 22 heavy (non-hydrogen) atoms. The third-order valence-corrected chi connectivity index (χ3v) is 3.66. The molecule has 0 saturated carbocycles. The summed E-state index contributed by atoms with van der Waals surface area (Å²) in [5, 5.41) is 7.66. The normalized spacial score (nSPS) is 10.1. The van der Waals surface area contributed by atoms with Crippen molar-refractivity contribution in [2.45, 2.75) is 12.8 Å². The molecule has 0 aromatic heterocycles. The second-order valence-electron chi connectivity index (χ2n) is 4.84. The number of benzene rings is 2. The summed E-state index contributed by atoms with van der Waals surface area (Å²) in [6.45, 7) is 0.816. The third kappa shape index (κ3) is 5.54. The largest absolute Gasteiger partial charge is 0.497 e. The molecule has 0 aliphatic carbocycles. The van der Waals surface area contributed by atoms with E-state index in [4.69, 9.17) is 28.6 Å². The van der Waals surface area contributed by atoms with E-state index in [1.165, 1.54) is 5.56 Å². The van der Waals surface area contributed by atoms with Crippen LogP contribution in [-0.2, 0) is 6.42 Å². The molecular weight excluding hydrogens is 316 g/mol. The van der Waals surface area contributed by atoms with Crippen LogP contribution in [0, 0.1) is 0 Å². The lowest BCUT2D eigenvalue weighted by Crippen LogP contribution is -2.29. The molecular formula is C17H19ClN2OS. The molecule has 0 spiro atoms. The number of anilines is 1. The van der Waals surface area contributed by atoms with Crippen LogP contribution in [0.3, 0.4) is 0 Å². The van der Waals surface area contributed by atoms with Crippen LogP contribution in [0.4, 0.5) is 5.69 Å². The summed E-state index contributed by atoms with van der Waals surface area (Å²) in [5.74, 6) is 0.894. The molecule has 5 heteroatoms. The predicted octanol–water partition coefficient (Wildman–Crippen LogP) is 4.27. The Kier molecular flexibility index (Phi) is 6.49.